The summed E-state index contributed by atoms with van der Waals surface area (Å²) in [7, 11) is 0. The first kappa shape index (κ1) is 14.7. The second kappa shape index (κ2) is 7.19. The van der Waals surface area contributed by atoms with E-state index < -0.39 is 0 Å². The molecule has 0 saturated heterocycles. The zero-order valence-electron chi connectivity index (χ0n) is 11.9. The summed E-state index contributed by atoms with van der Waals surface area (Å²) in [5.74, 6) is 0.541. The van der Waals surface area contributed by atoms with Gasteiger partial charge in [-0.05, 0) is 26.7 Å². The van der Waals surface area contributed by atoms with Crippen molar-refractivity contribution in [1.82, 2.24) is 10.5 Å². The Bertz CT molecular complexity index is 385. The van der Waals surface area contributed by atoms with E-state index in [1.165, 1.54) is 12.8 Å². The minimum atomic E-state index is -0.0606. The second-order valence-corrected chi connectivity index (χ2v) is 4.78. The van der Waals surface area contributed by atoms with Gasteiger partial charge in [0.2, 0.25) is 0 Å². The number of hydrogen-bond acceptors (Lipinski definition) is 3. The van der Waals surface area contributed by atoms with Gasteiger partial charge in [0.1, 0.15) is 11.3 Å². The Morgan fingerprint density at radius 1 is 1.39 bits per heavy atom. The summed E-state index contributed by atoms with van der Waals surface area (Å²) in [5, 5.41) is 6.92. The number of nitrogens with zero attached hydrogens (tertiary/aromatic N) is 1. The van der Waals surface area contributed by atoms with Gasteiger partial charge in [-0.15, -0.1) is 0 Å². The van der Waals surface area contributed by atoms with Crippen molar-refractivity contribution in [2.24, 2.45) is 0 Å². The van der Waals surface area contributed by atoms with E-state index in [-0.39, 0.29) is 11.9 Å². The fraction of sp³-hybridized carbons (Fsp3) is 0.714. The number of carbonyl (C=O) groups is 1. The highest BCUT2D eigenvalue weighted by atomic mass is 16.5. The molecule has 4 heteroatoms. The summed E-state index contributed by atoms with van der Waals surface area (Å²) in [6.07, 6.45) is 5.30. The fourth-order valence-electron chi connectivity index (χ4n) is 2.02. The Balaban J connectivity index is 2.56. The van der Waals surface area contributed by atoms with Crippen molar-refractivity contribution in [3.05, 3.63) is 17.0 Å². The number of aryl methyl sites for hydroxylation is 2. The molecular formula is C14H24N2O2. The van der Waals surface area contributed by atoms with E-state index in [2.05, 4.69) is 17.4 Å². The molecule has 18 heavy (non-hydrogen) atoms. The summed E-state index contributed by atoms with van der Waals surface area (Å²) < 4.78 is 5.08. The zero-order chi connectivity index (χ0) is 13.5. The average molecular weight is 252 g/mol. The summed E-state index contributed by atoms with van der Waals surface area (Å²) in [6, 6.07) is 0.197. The molecule has 1 aromatic heterocycles. The standard InChI is InChI=1S/C14H24N2O2/c1-5-7-8-9-10(3)15-14(17)13-11(4)18-16-12(13)6-2/h10H,5-9H2,1-4H3,(H,15,17). The number of rotatable bonds is 7. The zero-order valence-corrected chi connectivity index (χ0v) is 11.9. The quantitative estimate of drug-likeness (QED) is 0.758. The molecule has 0 radical (unpaired) electrons. The van der Waals surface area contributed by atoms with Gasteiger partial charge in [0.05, 0.1) is 5.69 Å². The predicted octanol–water partition coefficient (Wildman–Crippen LogP) is 3.24. The van der Waals surface area contributed by atoms with Crippen molar-refractivity contribution >= 4 is 5.91 Å². The van der Waals surface area contributed by atoms with Crippen molar-refractivity contribution < 1.29 is 9.32 Å². The summed E-state index contributed by atoms with van der Waals surface area (Å²) in [6.45, 7) is 7.97. The molecule has 0 spiro atoms. The van der Waals surface area contributed by atoms with Gasteiger partial charge in [-0.1, -0.05) is 38.3 Å². The Kier molecular flexibility index (Phi) is 5.89. The predicted molar refractivity (Wildman–Crippen MR) is 71.7 cm³/mol. The molecule has 1 atom stereocenters. The van der Waals surface area contributed by atoms with Crippen molar-refractivity contribution in [3.8, 4) is 0 Å². The van der Waals surface area contributed by atoms with Crippen LogP contribution in [0.25, 0.3) is 0 Å². The molecule has 1 rings (SSSR count). The molecule has 0 aliphatic carbocycles. The first-order valence-corrected chi connectivity index (χ1v) is 6.86. The molecule has 1 aromatic rings. The summed E-state index contributed by atoms with van der Waals surface area (Å²) in [5.41, 5.74) is 1.35. The van der Waals surface area contributed by atoms with Crippen LogP contribution in [0.1, 0.15) is 68.3 Å². The van der Waals surface area contributed by atoms with Gasteiger partial charge < -0.3 is 9.84 Å². The Morgan fingerprint density at radius 2 is 2.11 bits per heavy atom. The Hall–Kier alpha value is -1.32. The number of nitrogens with one attached hydrogen (secondary N) is 1. The molecule has 0 fully saturated rings. The van der Waals surface area contributed by atoms with Crippen molar-refractivity contribution in [2.75, 3.05) is 0 Å². The second-order valence-electron chi connectivity index (χ2n) is 4.78. The Morgan fingerprint density at radius 3 is 2.72 bits per heavy atom. The van der Waals surface area contributed by atoms with E-state index in [1.54, 1.807) is 6.92 Å². The first-order chi connectivity index (χ1) is 8.60. The molecule has 1 heterocycles. The maximum absolute atomic E-state index is 12.1. The van der Waals surface area contributed by atoms with Gasteiger partial charge >= 0.3 is 0 Å². The molecular weight excluding hydrogens is 228 g/mol. The lowest BCUT2D eigenvalue weighted by molar-refractivity contribution is 0.0935. The number of aromatic nitrogens is 1. The fourth-order valence-corrected chi connectivity index (χ4v) is 2.02. The molecule has 0 saturated carbocycles. The highest BCUT2D eigenvalue weighted by Crippen LogP contribution is 2.14. The van der Waals surface area contributed by atoms with E-state index in [1.807, 2.05) is 13.8 Å². The van der Waals surface area contributed by atoms with Crippen LogP contribution in [0.15, 0.2) is 4.52 Å². The monoisotopic (exact) mass is 252 g/mol. The largest absolute Gasteiger partial charge is 0.361 e. The summed E-state index contributed by atoms with van der Waals surface area (Å²) >= 11 is 0. The van der Waals surface area contributed by atoms with Crippen LogP contribution < -0.4 is 5.32 Å². The maximum Gasteiger partial charge on any atom is 0.257 e. The minimum Gasteiger partial charge on any atom is -0.361 e. The van der Waals surface area contributed by atoms with Crippen LogP contribution in [0.2, 0.25) is 0 Å². The molecule has 1 N–H and O–H groups in total. The third kappa shape index (κ3) is 3.86. The van der Waals surface area contributed by atoms with Crippen LogP contribution in [0, 0.1) is 6.92 Å². The molecule has 1 amide bonds. The first-order valence-electron chi connectivity index (χ1n) is 6.86. The van der Waals surface area contributed by atoms with E-state index in [9.17, 15) is 4.79 Å². The van der Waals surface area contributed by atoms with Gasteiger partial charge in [0.25, 0.3) is 5.91 Å². The topological polar surface area (TPSA) is 55.1 Å². The summed E-state index contributed by atoms with van der Waals surface area (Å²) in [4.78, 5) is 12.1. The van der Waals surface area contributed by atoms with Crippen molar-refractivity contribution in [3.63, 3.8) is 0 Å². The molecule has 4 nitrogen and oxygen atoms in total. The van der Waals surface area contributed by atoms with E-state index >= 15 is 0 Å². The van der Waals surface area contributed by atoms with E-state index in [0.717, 1.165) is 18.5 Å². The molecule has 0 aliphatic heterocycles. The van der Waals surface area contributed by atoms with Gasteiger partial charge in [-0.2, -0.15) is 0 Å². The number of amides is 1. The molecule has 102 valence electrons. The molecule has 0 aliphatic rings. The molecule has 1 unspecified atom stereocenters. The average Bonchev–Trinajstić information content (AvgIpc) is 2.70. The number of carbonyl (C=O) groups excluding carboxylic acids is 1. The van der Waals surface area contributed by atoms with Crippen molar-refractivity contribution in [1.29, 1.82) is 0 Å². The molecule has 0 bridgehead atoms. The SMILES string of the molecule is CCCCCC(C)NC(=O)c1c(CC)noc1C. The van der Waals surface area contributed by atoms with Crippen LogP contribution in [0.4, 0.5) is 0 Å². The van der Waals surface area contributed by atoms with Crippen LogP contribution >= 0.6 is 0 Å². The van der Waals surface area contributed by atoms with Gasteiger partial charge in [-0.3, -0.25) is 4.79 Å². The lowest BCUT2D eigenvalue weighted by atomic mass is 10.1. The highest BCUT2D eigenvalue weighted by molar-refractivity contribution is 5.96. The minimum absolute atomic E-state index is 0.0606. The third-order valence-corrected chi connectivity index (χ3v) is 3.11. The lowest BCUT2D eigenvalue weighted by Gasteiger charge is -2.13. The van der Waals surface area contributed by atoms with Crippen LogP contribution in [-0.2, 0) is 6.42 Å². The van der Waals surface area contributed by atoms with Gasteiger partial charge in [-0.25, -0.2) is 0 Å². The number of unbranched alkanes of at least 4 members (excludes halogenated alkanes) is 2. The lowest BCUT2D eigenvalue weighted by Crippen LogP contribution is -2.33. The van der Waals surface area contributed by atoms with E-state index in [0.29, 0.717) is 17.7 Å². The maximum atomic E-state index is 12.1. The number of hydrogen-bond donors (Lipinski definition) is 1. The van der Waals surface area contributed by atoms with Crippen LogP contribution in [-0.4, -0.2) is 17.1 Å². The van der Waals surface area contributed by atoms with E-state index in [4.69, 9.17) is 4.52 Å². The Labute approximate surface area is 109 Å². The van der Waals surface area contributed by atoms with Crippen molar-refractivity contribution in [2.45, 2.75) is 65.8 Å². The van der Waals surface area contributed by atoms with Crippen LogP contribution in [0.3, 0.4) is 0 Å². The molecule has 0 aromatic carbocycles. The smallest absolute Gasteiger partial charge is 0.257 e. The third-order valence-electron chi connectivity index (χ3n) is 3.11. The van der Waals surface area contributed by atoms with Gasteiger partial charge in [0, 0.05) is 6.04 Å². The van der Waals surface area contributed by atoms with Crippen LogP contribution in [0.5, 0.6) is 0 Å². The van der Waals surface area contributed by atoms with Gasteiger partial charge in [0.15, 0.2) is 0 Å². The normalized spacial score (nSPS) is 12.4. The highest BCUT2D eigenvalue weighted by Gasteiger charge is 2.20.